The molecular formula is C9H15F3N2O3. The molecule has 0 spiro atoms. The van der Waals surface area contributed by atoms with Gasteiger partial charge < -0.3 is 14.5 Å². The zero-order valence-corrected chi connectivity index (χ0v) is 9.87. The lowest BCUT2D eigenvalue weighted by atomic mass is 10.4. The summed E-state index contributed by atoms with van der Waals surface area (Å²) in [5, 5.41) is 0. The van der Waals surface area contributed by atoms with Crippen molar-refractivity contribution in [3.05, 3.63) is 0 Å². The Hall–Kier alpha value is -1.31. The van der Waals surface area contributed by atoms with Gasteiger partial charge in [0.1, 0.15) is 19.7 Å². The quantitative estimate of drug-likeness (QED) is 0.701. The lowest BCUT2D eigenvalue weighted by molar-refractivity contribution is -0.166. The minimum absolute atomic E-state index is 0.422. The van der Waals surface area contributed by atoms with Crippen molar-refractivity contribution in [3.8, 4) is 0 Å². The predicted molar refractivity (Wildman–Crippen MR) is 53.2 cm³/mol. The van der Waals surface area contributed by atoms with Crippen molar-refractivity contribution in [3.63, 3.8) is 0 Å². The number of methoxy groups -OCH3 is 1. The largest absolute Gasteiger partial charge is 0.406 e. The van der Waals surface area contributed by atoms with Gasteiger partial charge in [-0.25, -0.2) is 0 Å². The third kappa shape index (κ3) is 6.77. The number of carbonyl (C=O) groups excluding carboxylic acids is 2. The van der Waals surface area contributed by atoms with Crippen LogP contribution in [-0.4, -0.2) is 68.7 Å². The normalized spacial score (nSPS) is 11.2. The molecule has 0 rings (SSSR count). The molecule has 0 radical (unpaired) electrons. The monoisotopic (exact) mass is 256 g/mol. The van der Waals surface area contributed by atoms with Crippen molar-refractivity contribution in [1.82, 2.24) is 9.80 Å². The number of hydrogen-bond donors (Lipinski definition) is 0. The molecule has 0 bridgehead atoms. The van der Waals surface area contributed by atoms with Gasteiger partial charge in [0.05, 0.1) is 0 Å². The van der Waals surface area contributed by atoms with Gasteiger partial charge in [0.2, 0.25) is 11.8 Å². The average Bonchev–Trinajstić information content (AvgIpc) is 2.14. The summed E-state index contributed by atoms with van der Waals surface area (Å²) in [7, 11) is 3.99. The van der Waals surface area contributed by atoms with E-state index in [4.69, 9.17) is 0 Å². The van der Waals surface area contributed by atoms with E-state index in [2.05, 4.69) is 4.74 Å². The van der Waals surface area contributed by atoms with Crippen LogP contribution >= 0.6 is 0 Å². The second-order valence-electron chi connectivity index (χ2n) is 3.59. The molecule has 0 aliphatic rings. The third-order valence-corrected chi connectivity index (χ3v) is 1.82. The van der Waals surface area contributed by atoms with Crippen LogP contribution in [0.4, 0.5) is 13.2 Å². The molecule has 0 atom stereocenters. The molecule has 8 heteroatoms. The molecule has 0 aromatic rings. The van der Waals surface area contributed by atoms with E-state index in [0.29, 0.717) is 4.90 Å². The first kappa shape index (κ1) is 15.7. The molecular weight excluding hydrogens is 241 g/mol. The maximum Gasteiger partial charge on any atom is 0.406 e. The van der Waals surface area contributed by atoms with Gasteiger partial charge in [0, 0.05) is 21.2 Å². The van der Waals surface area contributed by atoms with E-state index >= 15 is 0 Å². The zero-order valence-electron chi connectivity index (χ0n) is 9.87. The highest BCUT2D eigenvalue weighted by atomic mass is 19.4. The van der Waals surface area contributed by atoms with Crippen molar-refractivity contribution in [2.45, 2.75) is 6.18 Å². The Balaban J connectivity index is 4.62. The summed E-state index contributed by atoms with van der Waals surface area (Å²) in [5.74, 6) is -1.46. The van der Waals surface area contributed by atoms with Crippen molar-refractivity contribution in [1.29, 1.82) is 0 Å². The van der Waals surface area contributed by atoms with Crippen LogP contribution in [-0.2, 0) is 14.3 Å². The molecule has 0 unspecified atom stereocenters. The van der Waals surface area contributed by atoms with Crippen LogP contribution in [0, 0.1) is 0 Å². The second-order valence-corrected chi connectivity index (χ2v) is 3.59. The fourth-order valence-corrected chi connectivity index (χ4v) is 0.968. The van der Waals surface area contributed by atoms with Crippen molar-refractivity contribution >= 4 is 11.8 Å². The molecule has 0 aromatic heterocycles. The van der Waals surface area contributed by atoms with E-state index in [1.165, 1.54) is 21.2 Å². The van der Waals surface area contributed by atoms with Gasteiger partial charge in [-0.15, -0.1) is 0 Å². The highest BCUT2D eigenvalue weighted by Gasteiger charge is 2.33. The molecule has 100 valence electrons. The van der Waals surface area contributed by atoms with Crippen LogP contribution in [0.15, 0.2) is 0 Å². The van der Waals surface area contributed by atoms with Crippen LogP contribution in [0.3, 0.4) is 0 Å². The molecule has 0 aromatic carbocycles. The van der Waals surface area contributed by atoms with Gasteiger partial charge in [-0.05, 0) is 0 Å². The van der Waals surface area contributed by atoms with Gasteiger partial charge >= 0.3 is 6.18 Å². The van der Waals surface area contributed by atoms with Crippen LogP contribution in [0.5, 0.6) is 0 Å². The van der Waals surface area contributed by atoms with E-state index in [1.54, 1.807) is 0 Å². The number of alkyl halides is 3. The first-order valence-corrected chi connectivity index (χ1v) is 4.71. The van der Waals surface area contributed by atoms with E-state index in [1.807, 2.05) is 0 Å². The molecule has 0 fully saturated rings. The third-order valence-electron chi connectivity index (χ3n) is 1.82. The average molecular weight is 256 g/mol. The molecule has 0 saturated heterocycles. The standard InChI is InChI=1S/C9H15F3N2O3/c1-13(2)7(15)4-14(6-9(10,11)12)8(16)5-17-3/h4-6H2,1-3H3. The lowest BCUT2D eigenvalue weighted by Gasteiger charge is -2.24. The van der Waals surface area contributed by atoms with Gasteiger partial charge in [-0.1, -0.05) is 0 Å². The van der Waals surface area contributed by atoms with E-state index in [9.17, 15) is 22.8 Å². The summed E-state index contributed by atoms with van der Waals surface area (Å²) in [5.41, 5.74) is 0. The van der Waals surface area contributed by atoms with E-state index in [-0.39, 0.29) is 0 Å². The Labute approximate surface area is 97.1 Å². The minimum atomic E-state index is -4.55. The molecule has 0 aliphatic carbocycles. The second kappa shape index (κ2) is 6.43. The highest BCUT2D eigenvalue weighted by Crippen LogP contribution is 2.16. The van der Waals surface area contributed by atoms with Crippen molar-refractivity contribution in [2.24, 2.45) is 0 Å². The summed E-state index contributed by atoms with van der Waals surface area (Å²) in [6.45, 7) is -2.57. The summed E-state index contributed by atoms with van der Waals surface area (Å²) >= 11 is 0. The molecule has 0 aliphatic heterocycles. The topological polar surface area (TPSA) is 49.9 Å². The maximum absolute atomic E-state index is 12.2. The molecule has 17 heavy (non-hydrogen) atoms. The molecule has 0 N–H and O–H groups in total. The summed E-state index contributed by atoms with van der Waals surface area (Å²) < 4.78 is 41.1. The van der Waals surface area contributed by atoms with E-state index in [0.717, 1.165) is 4.90 Å². The summed E-state index contributed by atoms with van der Waals surface area (Å²) in [6, 6.07) is 0. The van der Waals surface area contributed by atoms with Gasteiger partial charge in [-0.2, -0.15) is 13.2 Å². The number of nitrogens with zero attached hydrogens (tertiary/aromatic N) is 2. The number of rotatable bonds is 5. The Bertz CT molecular complexity index is 279. The molecule has 5 nitrogen and oxygen atoms in total. The smallest absolute Gasteiger partial charge is 0.375 e. The van der Waals surface area contributed by atoms with Crippen molar-refractivity contribution in [2.75, 3.05) is 40.9 Å². The number of ether oxygens (including phenoxy) is 1. The summed E-state index contributed by atoms with van der Waals surface area (Å²) in [6.07, 6.45) is -4.55. The number of likely N-dealkylation sites (N-methyl/N-ethyl adjacent to an activating group) is 1. The van der Waals surface area contributed by atoms with Crippen molar-refractivity contribution < 1.29 is 27.5 Å². The molecule has 0 saturated carbocycles. The Morgan fingerprint density at radius 2 is 1.71 bits per heavy atom. The fourth-order valence-electron chi connectivity index (χ4n) is 0.968. The Morgan fingerprint density at radius 3 is 2.06 bits per heavy atom. The highest BCUT2D eigenvalue weighted by molar-refractivity contribution is 5.85. The SMILES string of the molecule is COCC(=O)N(CC(=O)N(C)C)CC(F)(F)F. The number of hydrogen-bond acceptors (Lipinski definition) is 3. The van der Waals surface area contributed by atoms with Crippen LogP contribution in [0.2, 0.25) is 0 Å². The Kier molecular flexibility index (Phi) is 5.94. The minimum Gasteiger partial charge on any atom is -0.375 e. The van der Waals surface area contributed by atoms with Gasteiger partial charge in [0.15, 0.2) is 0 Å². The van der Waals surface area contributed by atoms with Crippen LogP contribution < -0.4 is 0 Å². The molecule has 2 amide bonds. The number of carbonyl (C=O) groups is 2. The van der Waals surface area contributed by atoms with Gasteiger partial charge in [-0.3, -0.25) is 9.59 Å². The first-order valence-electron chi connectivity index (χ1n) is 4.71. The predicted octanol–water partition coefficient (Wildman–Crippen LogP) is 0.112. The zero-order chi connectivity index (χ0) is 13.6. The lowest BCUT2D eigenvalue weighted by Crippen LogP contribution is -2.46. The maximum atomic E-state index is 12.2. The molecule has 0 heterocycles. The number of halogens is 3. The number of amides is 2. The first-order chi connectivity index (χ1) is 7.67. The summed E-state index contributed by atoms with van der Waals surface area (Å²) in [4.78, 5) is 24.1. The Morgan fingerprint density at radius 1 is 1.18 bits per heavy atom. The van der Waals surface area contributed by atoms with E-state index < -0.39 is 37.7 Å². The van der Waals surface area contributed by atoms with Crippen LogP contribution in [0.25, 0.3) is 0 Å². The fraction of sp³-hybridized carbons (Fsp3) is 0.778. The van der Waals surface area contributed by atoms with Gasteiger partial charge in [0.25, 0.3) is 0 Å². The van der Waals surface area contributed by atoms with Crippen LogP contribution in [0.1, 0.15) is 0 Å².